The number of carbonyl (C=O) groups is 2. The Morgan fingerprint density at radius 3 is 2.52 bits per heavy atom. The van der Waals surface area contributed by atoms with E-state index in [9.17, 15) is 19.7 Å². The first-order chi connectivity index (χ1) is 12.9. The summed E-state index contributed by atoms with van der Waals surface area (Å²) in [6, 6.07) is 13.8. The molecule has 7 heteroatoms. The molecule has 0 radical (unpaired) electrons. The van der Waals surface area contributed by atoms with E-state index >= 15 is 0 Å². The smallest absolute Gasteiger partial charge is 0.306 e. The van der Waals surface area contributed by atoms with Crippen molar-refractivity contribution in [3.63, 3.8) is 0 Å². The summed E-state index contributed by atoms with van der Waals surface area (Å²) in [5.41, 5.74) is 1.33. The van der Waals surface area contributed by atoms with Gasteiger partial charge >= 0.3 is 5.97 Å². The van der Waals surface area contributed by atoms with Crippen LogP contribution in [0.1, 0.15) is 36.2 Å². The highest BCUT2D eigenvalue weighted by molar-refractivity contribution is 6.00. The number of benzene rings is 2. The van der Waals surface area contributed by atoms with Crippen molar-refractivity contribution in [1.82, 2.24) is 0 Å². The summed E-state index contributed by atoms with van der Waals surface area (Å²) in [4.78, 5) is 34.9. The number of nitro benzene ring substituents is 1. The standard InChI is InChI=1S/C20H22N2O5/c1-3-27-19(23)11-14(2)20(24)16-9-10-17(18(12-16)22(25)26)21-13-15-7-5-4-6-8-15/h4-10,12,14,21H,3,11,13H2,1-2H3. The van der Waals surface area contributed by atoms with Crippen LogP contribution in [0.15, 0.2) is 48.5 Å². The monoisotopic (exact) mass is 370 g/mol. The maximum Gasteiger partial charge on any atom is 0.306 e. The Bertz CT molecular complexity index is 820. The molecule has 142 valence electrons. The first-order valence-electron chi connectivity index (χ1n) is 8.68. The molecule has 1 unspecified atom stereocenters. The van der Waals surface area contributed by atoms with Gasteiger partial charge in [-0.2, -0.15) is 0 Å². The van der Waals surface area contributed by atoms with Crippen LogP contribution >= 0.6 is 0 Å². The Balaban J connectivity index is 2.15. The number of hydrogen-bond acceptors (Lipinski definition) is 6. The minimum absolute atomic E-state index is 0.0610. The molecular formula is C20H22N2O5. The molecule has 0 aliphatic heterocycles. The fourth-order valence-electron chi connectivity index (χ4n) is 2.63. The van der Waals surface area contributed by atoms with Crippen LogP contribution in [0.25, 0.3) is 0 Å². The molecule has 1 atom stereocenters. The third-order valence-corrected chi connectivity index (χ3v) is 4.03. The average Bonchev–Trinajstić information content (AvgIpc) is 2.66. The predicted molar refractivity (Wildman–Crippen MR) is 102 cm³/mol. The van der Waals surface area contributed by atoms with E-state index in [-0.39, 0.29) is 30.1 Å². The Morgan fingerprint density at radius 2 is 1.89 bits per heavy atom. The molecule has 0 spiro atoms. The topological polar surface area (TPSA) is 98.5 Å². The van der Waals surface area contributed by atoms with Gasteiger partial charge in [0.15, 0.2) is 5.78 Å². The first-order valence-corrected chi connectivity index (χ1v) is 8.68. The van der Waals surface area contributed by atoms with Crippen molar-refractivity contribution in [2.24, 2.45) is 5.92 Å². The highest BCUT2D eigenvalue weighted by Crippen LogP contribution is 2.27. The number of anilines is 1. The Labute approximate surface area is 157 Å². The highest BCUT2D eigenvalue weighted by atomic mass is 16.6. The first kappa shape index (κ1) is 20.1. The number of nitrogens with zero attached hydrogens (tertiary/aromatic N) is 1. The Hall–Kier alpha value is -3.22. The zero-order valence-corrected chi connectivity index (χ0v) is 15.3. The van der Waals surface area contributed by atoms with E-state index in [4.69, 9.17) is 4.74 Å². The molecular weight excluding hydrogens is 348 g/mol. The molecule has 0 heterocycles. The quantitative estimate of drug-likeness (QED) is 0.310. The van der Waals surface area contributed by atoms with Gasteiger partial charge in [0.2, 0.25) is 0 Å². The summed E-state index contributed by atoms with van der Waals surface area (Å²) in [6.07, 6.45) is -0.0610. The van der Waals surface area contributed by atoms with Gasteiger partial charge in [-0.3, -0.25) is 19.7 Å². The second-order valence-electron chi connectivity index (χ2n) is 6.10. The largest absolute Gasteiger partial charge is 0.466 e. The van der Waals surface area contributed by atoms with Gasteiger partial charge in [0.25, 0.3) is 5.69 Å². The Morgan fingerprint density at radius 1 is 1.19 bits per heavy atom. The lowest BCUT2D eigenvalue weighted by Gasteiger charge is -2.12. The van der Waals surface area contributed by atoms with Crippen molar-refractivity contribution in [3.05, 3.63) is 69.8 Å². The normalized spacial score (nSPS) is 11.5. The molecule has 2 rings (SSSR count). The summed E-state index contributed by atoms with van der Waals surface area (Å²) in [7, 11) is 0. The number of carbonyl (C=O) groups excluding carboxylic acids is 2. The summed E-state index contributed by atoms with van der Waals surface area (Å²) >= 11 is 0. The third-order valence-electron chi connectivity index (χ3n) is 4.03. The van der Waals surface area contributed by atoms with Gasteiger partial charge in [-0.15, -0.1) is 0 Å². The molecule has 0 fully saturated rings. The summed E-state index contributed by atoms with van der Waals surface area (Å²) in [5, 5.41) is 14.4. The molecule has 0 aromatic heterocycles. The molecule has 2 aromatic carbocycles. The lowest BCUT2D eigenvalue weighted by Crippen LogP contribution is -2.17. The van der Waals surface area contributed by atoms with Crippen LogP contribution in [0.3, 0.4) is 0 Å². The molecule has 2 aromatic rings. The van der Waals surface area contributed by atoms with Gasteiger partial charge in [-0.1, -0.05) is 37.3 Å². The number of ketones is 1. The van der Waals surface area contributed by atoms with Gasteiger partial charge in [-0.25, -0.2) is 0 Å². The number of esters is 1. The summed E-state index contributed by atoms with van der Waals surface area (Å²) in [5.74, 6) is -1.42. The van der Waals surface area contributed by atoms with E-state index in [1.807, 2.05) is 30.3 Å². The number of nitro groups is 1. The number of rotatable bonds is 9. The lowest BCUT2D eigenvalue weighted by molar-refractivity contribution is -0.384. The fraction of sp³-hybridized carbons (Fsp3) is 0.300. The van der Waals surface area contributed by atoms with Crippen LogP contribution in [-0.2, 0) is 16.1 Å². The van der Waals surface area contributed by atoms with Crippen LogP contribution < -0.4 is 5.32 Å². The van der Waals surface area contributed by atoms with Crippen molar-refractivity contribution >= 4 is 23.1 Å². The van der Waals surface area contributed by atoms with Crippen molar-refractivity contribution < 1.29 is 19.2 Å². The SMILES string of the molecule is CCOC(=O)CC(C)C(=O)c1ccc(NCc2ccccc2)c([N+](=O)[O-])c1. The number of Topliss-reactive ketones (excluding diaryl/α,β-unsaturated/α-hetero) is 1. The van der Waals surface area contributed by atoms with E-state index in [2.05, 4.69) is 5.32 Å². The maximum absolute atomic E-state index is 12.5. The second-order valence-corrected chi connectivity index (χ2v) is 6.10. The molecule has 0 saturated carbocycles. The van der Waals surface area contributed by atoms with E-state index in [1.165, 1.54) is 18.2 Å². The predicted octanol–water partition coefficient (Wildman–Crippen LogP) is 3.98. The minimum Gasteiger partial charge on any atom is -0.466 e. The highest BCUT2D eigenvalue weighted by Gasteiger charge is 2.23. The molecule has 0 bridgehead atoms. The van der Waals surface area contributed by atoms with Crippen molar-refractivity contribution in [2.75, 3.05) is 11.9 Å². The van der Waals surface area contributed by atoms with Crippen molar-refractivity contribution in [3.8, 4) is 0 Å². The van der Waals surface area contributed by atoms with E-state index in [1.54, 1.807) is 13.8 Å². The fourth-order valence-corrected chi connectivity index (χ4v) is 2.63. The third kappa shape index (κ3) is 5.64. The summed E-state index contributed by atoms with van der Waals surface area (Å²) in [6.45, 7) is 3.96. The molecule has 0 amide bonds. The van der Waals surface area contributed by atoms with Gasteiger partial charge in [0.05, 0.1) is 18.0 Å². The second kappa shape index (κ2) is 9.47. The number of ether oxygens (including phenoxy) is 1. The minimum atomic E-state index is -0.619. The molecule has 0 saturated heterocycles. The maximum atomic E-state index is 12.5. The average molecular weight is 370 g/mol. The number of nitrogens with one attached hydrogen (secondary N) is 1. The van der Waals surface area contributed by atoms with Crippen LogP contribution in [-0.4, -0.2) is 23.3 Å². The van der Waals surface area contributed by atoms with E-state index in [0.717, 1.165) is 5.56 Å². The van der Waals surface area contributed by atoms with Crippen molar-refractivity contribution in [2.45, 2.75) is 26.8 Å². The summed E-state index contributed by atoms with van der Waals surface area (Å²) < 4.78 is 4.84. The van der Waals surface area contributed by atoms with Crippen molar-refractivity contribution in [1.29, 1.82) is 0 Å². The van der Waals surface area contributed by atoms with Gasteiger partial charge < -0.3 is 10.1 Å². The Kier molecular flexibility index (Phi) is 7.05. The number of hydrogen-bond donors (Lipinski definition) is 1. The van der Waals surface area contributed by atoms with Gasteiger partial charge in [0, 0.05) is 24.1 Å². The molecule has 7 nitrogen and oxygen atoms in total. The molecule has 0 aliphatic rings. The molecule has 1 N–H and O–H groups in total. The zero-order chi connectivity index (χ0) is 19.8. The van der Waals surface area contributed by atoms with Crippen LogP contribution in [0, 0.1) is 16.0 Å². The van der Waals surface area contributed by atoms with Crippen LogP contribution in [0.4, 0.5) is 11.4 Å². The van der Waals surface area contributed by atoms with Gasteiger partial charge in [0.1, 0.15) is 5.69 Å². The van der Waals surface area contributed by atoms with E-state index < -0.39 is 16.8 Å². The van der Waals surface area contributed by atoms with E-state index in [0.29, 0.717) is 12.2 Å². The molecule has 27 heavy (non-hydrogen) atoms. The van der Waals surface area contributed by atoms with Gasteiger partial charge in [-0.05, 0) is 24.6 Å². The van der Waals surface area contributed by atoms with Crippen LogP contribution in [0.2, 0.25) is 0 Å². The van der Waals surface area contributed by atoms with Crippen LogP contribution in [0.5, 0.6) is 0 Å². The zero-order valence-electron chi connectivity index (χ0n) is 15.3. The lowest BCUT2D eigenvalue weighted by atomic mass is 9.96. The molecule has 0 aliphatic carbocycles.